The smallest absolute Gasteiger partial charge is 0.226 e. The van der Waals surface area contributed by atoms with Gasteiger partial charge in [0.05, 0.1) is 37.8 Å². The Kier molecular flexibility index (Phi) is 8.72. The van der Waals surface area contributed by atoms with Gasteiger partial charge >= 0.3 is 0 Å². The molecule has 9 nitrogen and oxygen atoms in total. The second-order valence-electron chi connectivity index (χ2n) is 7.88. The number of benzene rings is 1. The van der Waals surface area contributed by atoms with E-state index in [1.165, 1.54) is 0 Å². The highest BCUT2D eigenvalue weighted by Gasteiger charge is 2.20. The monoisotopic (exact) mass is 446 g/mol. The van der Waals surface area contributed by atoms with Gasteiger partial charge in [-0.2, -0.15) is 4.98 Å². The summed E-state index contributed by atoms with van der Waals surface area (Å²) in [5.74, 6) is 2.72. The molecule has 0 bridgehead atoms. The summed E-state index contributed by atoms with van der Waals surface area (Å²) in [6, 6.07) is 3.80. The standard InChI is InChI=1S/C23H34N4O5/c1-5-30-19-15-18(27-10-12-29-13-11-27)20(31-6-2)14-17(19)24-21(28)8-7-9-22-25-23(16(3)4)26-32-22/h14-16H,5-13H2,1-4H3,(H,24,28). The van der Waals surface area contributed by atoms with E-state index < -0.39 is 0 Å². The lowest BCUT2D eigenvalue weighted by Gasteiger charge is -2.31. The van der Waals surface area contributed by atoms with Gasteiger partial charge in [0.25, 0.3) is 0 Å². The molecule has 1 saturated heterocycles. The van der Waals surface area contributed by atoms with E-state index in [1.807, 2.05) is 39.8 Å². The molecule has 0 spiro atoms. The Morgan fingerprint density at radius 1 is 1.16 bits per heavy atom. The van der Waals surface area contributed by atoms with Crippen LogP contribution < -0.4 is 19.7 Å². The summed E-state index contributed by atoms with van der Waals surface area (Å²) < 4.78 is 22.4. The zero-order valence-electron chi connectivity index (χ0n) is 19.5. The van der Waals surface area contributed by atoms with Crippen LogP contribution in [-0.2, 0) is 16.0 Å². The average Bonchev–Trinajstić information content (AvgIpc) is 3.26. The molecule has 0 saturated carbocycles. The summed E-state index contributed by atoms with van der Waals surface area (Å²) in [7, 11) is 0. The van der Waals surface area contributed by atoms with Gasteiger partial charge in [0, 0.05) is 44.0 Å². The van der Waals surface area contributed by atoms with E-state index in [0.29, 0.717) is 68.8 Å². The topological polar surface area (TPSA) is 99.0 Å². The van der Waals surface area contributed by atoms with Crippen LogP contribution >= 0.6 is 0 Å². The first-order valence-electron chi connectivity index (χ1n) is 11.4. The summed E-state index contributed by atoms with van der Waals surface area (Å²) in [4.78, 5) is 19.2. The van der Waals surface area contributed by atoms with Gasteiger partial charge in [-0.3, -0.25) is 4.79 Å². The van der Waals surface area contributed by atoms with Crippen molar-refractivity contribution in [3.8, 4) is 11.5 Å². The zero-order valence-corrected chi connectivity index (χ0v) is 19.5. The van der Waals surface area contributed by atoms with E-state index in [4.69, 9.17) is 18.7 Å². The van der Waals surface area contributed by atoms with Crippen LogP contribution in [0.5, 0.6) is 11.5 Å². The van der Waals surface area contributed by atoms with Crippen LogP contribution in [0.4, 0.5) is 11.4 Å². The minimum absolute atomic E-state index is 0.101. The van der Waals surface area contributed by atoms with Crippen LogP contribution in [-0.4, -0.2) is 55.6 Å². The third kappa shape index (κ3) is 6.35. The van der Waals surface area contributed by atoms with Gasteiger partial charge < -0.3 is 29.0 Å². The first-order chi connectivity index (χ1) is 15.5. The van der Waals surface area contributed by atoms with Gasteiger partial charge in [0.2, 0.25) is 11.8 Å². The number of morpholine rings is 1. The summed E-state index contributed by atoms with van der Waals surface area (Å²) in [5, 5.41) is 6.94. The number of aryl methyl sites for hydroxylation is 1. The fraction of sp³-hybridized carbons (Fsp3) is 0.609. The van der Waals surface area contributed by atoms with Crippen LogP contribution in [0.3, 0.4) is 0 Å². The van der Waals surface area contributed by atoms with Crippen LogP contribution in [0.15, 0.2) is 16.7 Å². The molecular weight excluding hydrogens is 412 g/mol. The minimum atomic E-state index is -0.101. The second kappa shape index (κ2) is 11.7. The second-order valence-corrected chi connectivity index (χ2v) is 7.88. The van der Waals surface area contributed by atoms with Crippen molar-refractivity contribution in [2.24, 2.45) is 0 Å². The number of nitrogens with one attached hydrogen (secondary N) is 1. The molecule has 2 aromatic rings. The molecule has 9 heteroatoms. The highest BCUT2D eigenvalue weighted by Crippen LogP contribution is 2.39. The molecule has 1 aromatic carbocycles. The molecule has 176 valence electrons. The van der Waals surface area contributed by atoms with Crippen molar-refractivity contribution in [2.45, 2.75) is 52.9 Å². The lowest BCUT2D eigenvalue weighted by atomic mass is 10.2. The van der Waals surface area contributed by atoms with Gasteiger partial charge in [-0.1, -0.05) is 19.0 Å². The molecule has 1 aromatic heterocycles. The first-order valence-corrected chi connectivity index (χ1v) is 11.4. The molecule has 0 radical (unpaired) electrons. The predicted octanol–water partition coefficient (Wildman–Crippen LogP) is 3.79. The molecule has 1 aliphatic heterocycles. The van der Waals surface area contributed by atoms with E-state index in [2.05, 4.69) is 20.4 Å². The number of carbonyl (C=O) groups excluding carboxylic acids is 1. The minimum Gasteiger partial charge on any atom is -0.492 e. The van der Waals surface area contributed by atoms with Crippen molar-refractivity contribution in [3.63, 3.8) is 0 Å². The summed E-state index contributed by atoms with van der Waals surface area (Å²) >= 11 is 0. The Hall–Kier alpha value is -2.81. The maximum Gasteiger partial charge on any atom is 0.226 e. The highest BCUT2D eigenvalue weighted by molar-refractivity contribution is 5.93. The fourth-order valence-corrected chi connectivity index (χ4v) is 3.46. The van der Waals surface area contributed by atoms with E-state index in [1.54, 1.807) is 0 Å². The molecule has 1 fully saturated rings. The first kappa shape index (κ1) is 23.8. The van der Waals surface area contributed by atoms with Gasteiger partial charge in [-0.05, 0) is 20.3 Å². The number of rotatable bonds is 11. The zero-order chi connectivity index (χ0) is 22.9. The highest BCUT2D eigenvalue weighted by atomic mass is 16.5. The number of nitrogens with zero attached hydrogens (tertiary/aromatic N) is 3. The number of ether oxygens (including phenoxy) is 3. The lowest BCUT2D eigenvalue weighted by molar-refractivity contribution is -0.116. The third-order valence-electron chi connectivity index (χ3n) is 5.08. The largest absolute Gasteiger partial charge is 0.492 e. The number of aromatic nitrogens is 2. The third-order valence-corrected chi connectivity index (χ3v) is 5.08. The lowest BCUT2D eigenvalue weighted by Crippen LogP contribution is -2.36. The predicted molar refractivity (Wildman–Crippen MR) is 122 cm³/mol. The molecular formula is C23H34N4O5. The number of carbonyl (C=O) groups is 1. The Morgan fingerprint density at radius 3 is 2.53 bits per heavy atom. The Morgan fingerprint density at radius 2 is 1.88 bits per heavy atom. The van der Waals surface area contributed by atoms with Gasteiger partial charge in [-0.25, -0.2) is 0 Å². The SMILES string of the molecule is CCOc1cc(N2CCOCC2)c(OCC)cc1NC(=O)CCCc1nc(C(C)C)no1. The maximum atomic E-state index is 12.6. The van der Waals surface area contributed by atoms with Crippen molar-refractivity contribution in [2.75, 3.05) is 49.7 Å². The molecule has 1 aliphatic rings. The molecule has 32 heavy (non-hydrogen) atoms. The number of hydrogen-bond donors (Lipinski definition) is 1. The van der Waals surface area contributed by atoms with Crippen LogP contribution in [0, 0.1) is 0 Å². The van der Waals surface area contributed by atoms with Crippen LogP contribution in [0.2, 0.25) is 0 Å². The normalized spacial score (nSPS) is 14.0. The fourth-order valence-electron chi connectivity index (χ4n) is 3.46. The maximum absolute atomic E-state index is 12.6. The van der Waals surface area contributed by atoms with E-state index in [0.717, 1.165) is 24.5 Å². The molecule has 0 atom stereocenters. The van der Waals surface area contributed by atoms with Crippen LogP contribution in [0.25, 0.3) is 0 Å². The summed E-state index contributed by atoms with van der Waals surface area (Å²) in [6.45, 7) is 11.8. The van der Waals surface area contributed by atoms with Crippen molar-refractivity contribution >= 4 is 17.3 Å². The van der Waals surface area contributed by atoms with Crippen molar-refractivity contribution in [3.05, 3.63) is 23.8 Å². The Bertz CT molecular complexity index is 877. The van der Waals surface area contributed by atoms with Gasteiger partial charge in [-0.15, -0.1) is 0 Å². The molecule has 0 unspecified atom stereocenters. The molecule has 2 heterocycles. The molecule has 1 amide bonds. The molecule has 1 N–H and O–H groups in total. The van der Waals surface area contributed by atoms with E-state index in [-0.39, 0.29) is 11.8 Å². The van der Waals surface area contributed by atoms with Crippen molar-refractivity contribution < 1.29 is 23.5 Å². The number of anilines is 2. The van der Waals surface area contributed by atoms with Crippen molar-refractivity contribution in [1.29, 1.82) is 0 Å². The Balaban J connectivity index is 1.67. The van der Waals surface area contributed by atoms with Gasteiger partial charge in [0.15, 0.2) is 5.82 Å². The summed E-state index contributed by atoms with van der Waals surface area (Å²) in [6.07, 6.45) is 1.51. The number of amides is 1. The van der Waals surface area contributed by atoms with Crippen molar-refractivity contribution in [1.82, 2.24) is 10.1 Å². The summed E-state index contributed by atoms with van der Waals surface area (Å²) in [5.41, 5.74) is 1.56. The van der Waals surface area contributed by atoms with E-state index in [9.17, 15) is 4.79 Å². The number of hydrogen-bond acceptors (Lipinski definition) is 8. The molecule has 0 aliphatic carbocycles. The van der Waals surface area contributed by atoms with Gasteiger partial charge in [0.1, 0.15) is 11.5 Å². The average molecular weight is 447 g/mol. The van der Waals surface area contributed by atoms with E-state index >= 15 is 0 Å². The van der Waals surface area contributed by atoms with Crippen LogP contribution in [0.1, 0.15) is 58.2 Å². The molecule has 3 rings (SSSR count). The quantitative estimate of drug-likeness (QED) is 0.557. The Labute approximate surface area is 189 Å².